The van der Waals surface area contributed by atoms with E-state index in [2.05, 4.69) is 52.8 Å². The van der Waals surface area contributed by atoms with Gasteiger partial charge in [0.25, 0.3) is 0 Å². The van der Waals surface area contributed by atoms with Gasteiger partial charge in [0.05, 0.1) is 17.8 Å². The van der Waals surface area contributed by atoms with Crippen molar-refractivity contribution in [2.45, 2.75) is 64.1 Å². The maximum absolute atomic E-state index is 5.58. The van der Waals surface area contributed by atoms with Gasteiger partial charge in [-0.3, -0.25) is 4.98 Å². The lowest BCUT2D eigenvalue weighted by Gasteiger charge is -2.28. The Balaban J connectivity index is 1.74. The second-order valence-electron chi connectivity index (χ2n) is 7.73. The van der Waals surface area contributed by atoms with Gasteiger partial charge < -0.3 is 14.8 Å². The minimum absolute atomic E-state index is 0.0917. The Bertz CT molecular complexity index is 792. The number of nitrogens with zero attached hydrogens (tertiary/aromatic N) is 3. The third-order valence-corrected chi connectivity index (χ3v) is 6.53. The molecule has 4 nitrogen and oxygen atoms in total. The van der Waals surface area contributed by atoms with E-state index in [9.17, 15) is 0 Å². The van der Waals surface area contributed by atoms with Crippen LogP contribution in [0.15, 0.2) is 30.5 Å². The fourth-order valence-corrected chi connectivity index (χ4v) is 5.09. The molecule has 1 N–H and O–H groups in total. The van der Waals surface area contributed by atoms with Crippen LogP contribution in [0.4, 0.5) is 0 Å². The molecule has 2 aromatic heterocycles. The van der Waals surface area contributed by atoms with Gasteiger partial charge in [0.1, 0.15) is 0 Å². The van der Waals surface area contributed by atoms with Gasteiger partial charge in [0.15, 0.2) is 5.11 Å². The molecule has 138 valence electrons. The Hall–Kier alpha value is -1.88. The van der Waals surface area contributed by atoms with E-state index in [-0.39, 0.29) is 12.1 Å². The highest BCUT2D eigenvalue weighted by molar-refractivity contribution is 7.80. The lowest BCUT2D eigenvalue weighted by Crippen LogP contribution is -2.25. The standard InChI is InChI=1S/C21H28N4S/c1-14-13-17(15(2)25(14)16-9-5-4-6-10-16)20-19(23-21(26)24(20)3)18-11-7-8-12-22-18/h7-8,11-13,16,19-20H,4-6,9-10H2,1-3H3,(H,23,26)/t19-,20+/m1/s1. The summed E-state index contributed by atoms with van der Waals surface area (Å²) in [7, 11) is 2.09. The van der Waals surface area contributed by atoms with Crippen molar-refractivity contribution in [2.75, 3.05) is 7.05 Å². The molecule has 1 aliphatic carbocycles. The Kier molecular flexibility index (Phi) is 4.74. The highest BCUT2D eigenvalue weighted by Crippen LogP contribution is 2.41. The predicted octanol–water partition coefficient (Wildman–Crippen LogP) is 4.61. The van der Waals surface area contributed by atoms with Gasteiger partial charge in [-0.1, -0.05) is 25.3 Å². The van der Waals surface area contributed by atoms with E-state index in [4.69, 9.17) is 12.2 Å². The normalized spacial score (nSPS) is 24.1. The SMILES string of the molecule is Cc1cc([C@H]2[C@@H](c3ccccn3)NC(=S)N2C)c(C)n1C1CCCCC1. The van der Waals surface area contributed by atoms with Crippen molar-refractivity contribution in [3.63, 3.8) is 0 Å². The maximum atomic E-state index is 5.58. The number of aromatic nitrogens is 2. The van der Waals surface area contributed by atoms with Gasteiger partial charge in [0, 0.05) is 30.7 Å². The van der Waals surface area contributed by atoms with E-state index >= 15 is 0 Å². The van der Waals surface area contributed by atoms with Crippen LogP contribution in [0.1, 0.15) is 72.9 Å². The fraction of sp³-hybridized carbons (Fsp3) is 0.524. The number of hydrogen-bond acceptors (Lipinski definition) is 2. The zero-order valence-corrected chi connectivity index (χ0v) is 16.7. The third-order valence-electron chi connectivity index (χ3n) is 6.12. The third kappa shape index (κ3) is 2.92. The molecule has 0 aromatic carbocycles. The summed E-state index contributed by atoms with van der Waals surface area (Å²) in [6.45, 7) is 4.53. The average molecular weight is 369 g/mol. The van der Waals surface area contributed by atoms with Gasteiger partial charge in [-0.25, -0.2) is 0 Å². The van der Waals surface area contributed by atoms with Crippen LogP contribution in [0.2, 0.25) is 0 Å². The highest BCUT2D eigenvalue weighted by atomic mass is 32.1. The van der Waals surface area contributed by atoms with E-state index in [1.165, 1.54) is 49.1 Å². The van der Waals surface area contributed by atoms with Crippen LogP contribution < -0.4 is 5.32 Å². The van der Waals surface area contributed by atoms with Crippen LogP contribution in [0.3, 0.4) is 0 Å². The van der Waals surface area contributed by atoms with Gasteiger partial charge in [-0.15, -0.1) is 0 Å². The number of thiocarbonyl (C=S) groups is 1. The quantitative estimate of drug-likeness (QED) is 0.802. The first-order valence-electron chi connectivity index (χ1n) is 9.70. The van der Waals surface area contributed by atoms with Crippen LogP contribution in [0.25, 0.3) is 0 Å². The molecule has 1 saturated carbocycles. The van der Waals surface area contributed by atoms with E-state index in [0.717, 1.165) is 10.8 Å². The highest BCUT2D eigenvalue weighted by Gasteiger charge is 2.39. The number of rotatable bonds is 3. The average Bonchev–Trinajstić information content (AvgIpc) is 3.12. The zero-order valence-electron chi connectivity index (χ0n) is 15.9. The Morgan fingerprint density at radius 1 is 1.15 bits per heavy atom. The first-order chi connectivity index (χ1) is 12.6. The summed E-state index contributed by atoms with van der Waals surface area (Å²) >= 11 is 5.58. The van der Waals surface area contributed by atoms with Crippen LogP contribution in [-0.2, 0) is 0 Å². The van der Waals surface area contributed by atoms with Crippen LogP contribution in [0.5, 0.6) is 0 Å². The second kappa shape index (κ2) is 7.03. The Labute approximate surface area is 161 Å². The minimum atomic E-state index is 0.0917. The summed E-state index contributed by atoms with van der Waals surface area (Å²) in [6, 6.07) is 9.40. The summed E-state index contributed by atoms with van der Waals surface area (Å²) in [6.07, 6.45) is 8.55. The van der Waals surface area contributed by atoms with Crippen molar-refractivity contribution in [3.05, 3.63) is 53.1 Å². The van der Waals surface area contributed by atoms with Crippen molar-refractivity contribution >= 4 is 17.3 Å². The molecule has 1 saturated heterocycles. The van der Waals surface area contributed by atoms with Gasteiger partial charge in [-0.05, 0) is 62.7 Å². The van der Waals surface area contributed by atoms with Crippen LogP contribution >= 0.6 is 12.2 Å². The topological polar surface area (TPSA) is 33.1 Å². The van der Waals surface area contributed by atoms with E-state index in [0.29, 0.717) is 6.04 Å². The molecule has 0 amide bonds. The molecule has 0 unspecified atom stereocenters. The number of likely N-dealkylation sites (N-methyl/N-ethyl adjacent to an activating group) is 1. The molecule has 1 aliphatic heterocycles. The lowest BCUT2D eigenvalue weighted by atomic mass is 9.94. The van der Waals surface area contributed by atoms with Crippen molar-refractivity contribution in [1.82, 2.24) is 19.8 Å². The van der Waals surface area contributed by atoms with Gasteiger partial charge in [-0.2, -0.15) is 0 Å². The largest absolute Gasteiger partial charge is 0.352 e. The molecule has 0 spiro atoms. The molecule has 2 aliphatic rings. The predicted molar refractivity (Wildman–Crippen MR) is 109 cm³/mol. The van der Waals surface area contributed by atoms with E-state index in [1.807, 2.05) is 18.3 Å². The zero-order chi connectivity index (χ0) is 18.3. The molecular formula is C21H28N4S. The number of pyridine rings is 1. The molecule has 0 radical (unpaired) electrons. The first kappa shape index (κ1) is 17.5. The molecule has 4 rings (SSSR count). The summed E-state index contributed by atoms with van der Waals surface area (Å²) in [5.41, 5.74) is 5.18. The Morgan fingerprint density at radius 3 is 2.62 bits per heavy atom. The van der Waals surface area contributed by atoms with Crippen LogP contribution in [0, 0.1) is 13.8 Å². The molecule has 5 heteroatoms. The van der Waals surface area contributed by atoms with Gasteiger partial charge in [0.2, 0.25) is 0 Å². The number of nitrogens with one attached hydrogen (secondary N) is 1. The molecule has 0 bridgehead atoms. The second-order valence-corrected chi connectivity index (χ2v) is 8.11. The fourth-order valence-electron chi connectivity index (χ4n) is 4.85. The number of hydrogen-bond donors (Lipinski definition) is 1. The van der Waals surface area contributed by atoms with E-state index in [1.54, 1.807) is 0 Å². The first-order valence-corrected chi connectivity index (χ1v) is 10.1. The van der Waals surface area contributed by atoms with Crippen LogP contribution in [-0.4, -0.2) is 26.6 Å². The van der Waals surface area contributed by atoms with Crippen molar-refractivity contribution in [1.29, 1.82) is 0 Å². The minimum Gasteiger partial charge on any atom is -0.352 e. The number of aryl methyl sites for hydroxylation is 1. The van der Waals surface area contributed by atoms with Crippen molar-refractivity contribution in [2.24, 2.45) is 0 Å². The molecule has 2 atom stereocenters. The summed E-state index contributed by atoms with van der Waals surface area (Å²) in [4.78, 5) is 6.79. The van der Waals surface area contributed by atoms with Crippen molar-refractivity contribution < 1.29 is 0 Å². The summed E-state index contributed by atoms with van der Waals surface area (Å²) in [5, 5.41) is 4.29. The lowest BCUT2D eigenvalue weighted by molar-refractivity contribution is 0.339. The summed E-state index contributed by atoms with van der Waals surface area (Å²) < 4.78 is 2.58. The monoisotopic (exact) mass is 368 g/mol. The summed E-state index contributed by atoms with van der Waals surface area (Å²) in [5.74, 6) is 0. The Morgan fingerprint density at radius 2 is 1.92 bits per heavy atom. The van der Waals surface area contributed by atoms with Gasteiger partial charge >= 0.3 is 0 Å². The molecular weight excluding hydrogens is 340 g/mol. The maximum Gasteiger partial charge on any atom is 0.169 e. The molecule has 2 fully saturated rings. The smallest absolute Gasteiger partial charge is 0.169 e. The molecule has 3 heterocycles. The molecule has 2 aromatic rings. The molecule has 26 heavy (non-hydrogen) atoms. The van der Waals surface area contributed by atoms with E-state index < -0.39 is 0 Å². The van der Waals surface area contributed by atoms with Crippen molar-refractivity contribution in [3.8, 4) is 0 Å².